The van der Waals surface area contributed by atoms with Gasteiger partial charge in [-0.3, -0.25) is 0 Å². The van der Waals surface area contributed by atoms with E-state index in [0.717, 1.165) is 35.5 Å². The van der Waals surface area contributed by atoms with Crippen LogP contribution in [0, 0.1) is 0 Å². The van der Waals surface area contributed by atoms with Crippen LogP contribution in [0.25, 0.3) is 16.0 Å². The molecule has 0 bridgehead atoms. The number of nitrogens with zero attached hydrogens (tertiary/aromatic N) is 5. The van der Waals surface area contributed by atoms with E-state index >= 15 is 0 Å². The number of aliphatic hydroxyl groups is 1. The van der Waals surface area contributed by atoms with Crippen LogP contribution in [0.1, 0.15) is 23.8 Å². The van der Waals surface area contributed by atoms with Gasteiger partial charge in [-0.15, -0.1) is 11.3 Å². The standard InChI is InChI=1S/C14H19N7OS/c1-2-5-20-6-3-9-10(8-20)23-13-11(9)12(15-4-7-22)16-14-17-18-19-21(13)14/h22H,2-8H2,1H3,(H,15,16,17,19)/p+1. The first-order valence-corrected chi connectivity index (χ1v) is 8.84. The lowest BCUT2D eigenvalue weighted by molar-refractivity contribution is -0.915. The van der Waals surface area contributed by atoms with Crippen LogP contribution in [-0.4, -0.2) is 56.4 Å². The molecule has 9 heteroatoms. The quantitative estimate of drug-likeness (QED) is 0.582. The molecule has 1 atom stereocenters. The molecule has 0 aromatic carbocycles. The molecule has 23 heavy (non-hydrogen) atoms. The number of aromatic nitrogens is 5. The molecule has 0 amide bonds. The van der Waals surface area contributed by atoms with Gasteiger partial charge in [-0.2, -0.15) is 9.50 Å². The van der Waals surface area contributed by atoms with E-state index in [2.05, 4.69) is 32.7 Å². The number of hydrogen-bond acceptors (Lipinski definition) is 7. The van der Waals surface area contributed by atoms with Crippen LogP contribution >= 0.6 is 11.3 Å². The first kappa shape index (κ1) is 14.7. The maximum absolute atomic E-state index is 9.12. The summed E-state index contributed by atoms with van der Waals surface area (Å²) in [5, 5.41) is 25.3. The van der Waals surface area contributed by atoms with Crippen LogP contribution in [0.3, 0.4) is 0 Å². The third-order valence-corrected chi connectivity index (χ3v) is 5.52. The molecule has 1 unspecified atom stereocenters. The molecule has 0 saturated heterocycles. The van der Waals surface area contributed by atoms with Crippen LogP contribution in [0.2, 0.25) is 0 Å². The Labute approximate surface area is 137 Å². The number of fused-ring (bicyclic) bond motifs is 5. The summed E-state index contributed by atoms with van der Waals surface area (Å²) in [6, 6.07) is 0. The Balaban J connectivity index is 1.87. The Hall–Kier alpha value is -1.84. The first-order chi connectivity index (χ1) is 11.3. The fraction of sp³-hybridized carbons (Fsp3) is 0.571. The van der Waals surface area contributed by atoms with Gasteiger partial charge in [0, 0.05) is 13.0 Å². The van der Waals surface area contributed by atoms with Gasteiger partial charge in [0.15, 0.2) is 0 Å². The van der Waals surface area contributed by atoms with Crippen LogP contribution in [0.4, 0.5) is 5.82 Å². The molecule has 4 rings (SSSR count). The van der Waals surface area contributed by atoms with E-state index in [1.165, 1.54) is 23.4 Å². The van der Waals surface area contributed by atoms with Crippen LogP contribution in [-0.2, 0) is 13.0 Å². The lowest BCUT2D eigenvalue weighted by atomic mass is 10.0. The minimum atomic E-state index is 0.0695. The molecule has 3 aromatic rings. The van der Waals surface area contributed by atoms with Gasteiger partial charge in [0.2, 0.25) is 0 Å². The Bertz CT molecular complexity index is 842. The summed E-state index contributed by atoms with van der Waals surface area (Å²) in [7, 11) is 0. The molecule has 1 aliphatic heterocycles. The van der Waals surface area contributed by atoms with Gasteiger partial charge < -0.3 is 15.3 Å². The Kier molecular flexibility index (Phi) is 3.83. The number of tetrazole rings is 1. The van der Waals surface area contributed by atoms with Crippen molar-refractivity contribution >= 4 is 33.1 Å². The smallest absolute Gasteiger partial charge is 0.276 e. The normalized spacial score (nSPS) is 17.7. The summed E-state index contributed by atoms with van der Waals surface area (Å²) in [5.74, 6) is 1.28. The minimum Gasteiger partial charge on any atom is -0.395 e. The number of rotatable bonds is 5. The number of hydrogen-bond donors (Lipinski definition) is 3. The molecule has 1 aliphatic rings. The van der Waals surface area contributed by atoms with Crippen molar-refractivity contribution in [3.63, 3.8) is 0 Å². The largest absolute Gasteiger partial charge is 0.395 e. The summed E-state index contributed by atoms with van der Waals surface area (Å²) in [6.07, 6.45) is 2.26. The van der Waals surface area contributed by atoms with E-state index < -0.39 is 0 Å². The second-order valence-corrected chi connectivity index (χ2v) is 6.95. The molecule has 0 saturated carbocycles. The van der Waals surface area contributed by atoms with Gasteiger partial charge in [-0.05, 0) is 22.4 Å². The van der Waals surface area contributed by atoms with E-state index in [1.54, 1.807) is 20.8 Å². The second kappa shape index (κ2) is 5.99. The van der Waals surface area contributed by atoms with E-state index in [0.29, 0.717) is 12.3 Å². The topological polar surface area (TPSA) is 92.7 Å². The van der Waals surface area contributed by atoms with Crippen molar-refractivity contribution in [3.8, 4) is 0 Å². The monoisotopic (exact) mass is 334 g/mol. The van der Waals surface area contributed by atoms with Gasteiger partial charge >= 0.3 is 0 Å². The lowest BCUT2D eigenvalue weighted by Crippen LogP contribution is -3.11. The van der Waals surface area contributed by atoms with Gasteiger partial charge in [0.05, 0.1) is 30.0 Å². The molecule has 4 heterocycles. The molecule has 0 radical (unpaired) electrons. The fourth-order valence-electron chi connectivity index (χ4n) is 3.32. The molecular formula is C14H20N7OS+. The molecule has 3 N–H and O–H groups in total. The summed E-state index contributed by atoms with van der Waals surface area (Å²) in [4.78, 5) is 8.63. The average molecular weight is 334 g/mol. The Morgan fingerprint density at radius 2 is 2.35 bits per heavy atom. The zero-order chi connectivity index (χ0) is 15.8. The third kappa shape index (κ3) is 2.44. The minimum absolute atomic E-state index is 0.0695. The highest BCUT2D eigenvalue weighted by atomic mass is 32.1. The van der Waals surface area contributed by atoms with Crippen molar-refractivity contribution in [1.29, 1.82) is 0 Å². The molecule has 8 nitrogen and oxygen atoms in total. The molecule has 0 spiro atoms. The van der Waals surface area contributed by atoms with E-state index in [4.69, 9.17) is 5.11 Å². The van der Waals surface area contributed by atoms with Crippen molar-refractivity contribution in [2.75, 3.05) is 31.6 Å². The van der Waals surface area contributed by atoms with Crippen molar-refractivity contribution < 1.29 is 10.0 Å². The maximum Gasteiger partial charge on any atom is 0.276 e. The second-order valence-electron chi connectivity index (χ2n) is 5.86. The van der Waals surface area contributed by atoms with Crippen LogP contribution in [0.5, 0.6) is 0 Å². The van der Waals surface area contributed by atoms with Crippen molar-refractivity contribution in [1.82, 2.24) is 25.0 Å². The van der Waals surface area contributed by atoms with Crippen molar-refractivity contribution in [2.45, 2.75) is 26.3 Å². The first-order valence-electron chi connectivity index (χ1n) is 8.02. The number of anilines is 1. The van der Waals surface area contributed by atoms with E-state index in [1.807, 2.05) is 0 Å². The number of nitrogens with one attached hydrogen (secondary N) is 2. The van der Waals surface area contributed by atoms with Gasteiger partial charge in [-0.1, -0.05) is 12.0 Å². The van der Waals surface area contributed by atoms with Crippen molar-refractivity contribution in [2.24, 2.45) is 0 Å². The molecular weight excluding hydrogens is 314 g/mol. The Morgan fingerprint density at radius 3 is 3.17 bits per heavy atom. The average Bonchev–Trinajstić information content (AvgIpc) is 3.16. The highest BCUT2D eigenvalue weighted by Crippen LogP contribution is 2.36. The van der Waals surface area contributed by atoms with E-state index in [-0.39, 0.29) is 6.61 Å². The number of aliphatic hydroxyl groups excluding tert-OH is 1. The highest BCUT2D eigenvalue weighted by molar-refractivity contribution is 7.19. The molecule has 0 aliphatic carbocycles. The SMILES string of the molecule is CCC[NH+]1CCc2c(sc3c2c(NCCO)nc2nnnn23)C1. The molecule has 122 valence electrons. The lowest BCUT2D eigenvalue weighted by Gasteiger charge is -2.23. The molecule has 3 aromatic heterocycles. The Morgan fingerprint density at radius 1 is 1.43 bits per heavy atom. The van der Waals surface area contributed by atoms with Gasteiger partial charge in [0.25, 0.3) is 5.78 Å². The summed E-state index contributed by atoms with van der Waals surface area (Å²) < 4.78 is 1.72. The highest BCUT2D eigenvalue weighted by Gasteiger charge is 2.27. The predicted molar refractivity (Wildman–Crippen MR) is 87.9 cm³/mol. The zero-order valence-corrected chi connectivity index (χ0v) is 13.9. The predicted octanol–water partition coefficient (Wildman–Crippen LogP) is -0.511. The number of thiophene rings is 1. The van der Waals surface area contributed by atoms with Crippen LogP contribution in [0.15, 0.2) is 0 Å². The summed E-state index contributed by atoms with van der Waals surface area (Å²) in [5.41, 5.74) is 1.37. The van der Waals surface area contributed by atoms with Gasteiger partial charge in [-0.25, -0.2) is 0 Å². The van der Waals surface area contributed by atoms with E-state index in [9.17, 15) is 0 Å². The fourth-order valence-corrected chi connectivity index (χ4v) is 4.69. The summed E-state index contributed by atoms with van der Waals surface area (Å²) in [6.45, 7) is 6.20. The number of quaternary nitrogens is 1. The summed E-state index contributed by atoms with van der Waals surface area (Å²) >= 11 is 1.77. The van der Waals surface area contributed by atoms with Crippen LogP contribution < -0.4 is 10.2 Å². The maximum atomic E-state index is 9.12. The third-order valence-electron chi connectivity index (χ3n) is 4.31. The van der Waals surface area contributed by atoms with Gasteiger partial charge in [0.1, 0.15) is 17.2 Å². The molecule has 0 fully saturated rings. The van der Waals surface area contributed by atoms with Crippen molar-refractivity contribution in [3.05, 3.63) is 10.4 Å². The zero-order valence-electron chi connectivity index (χ0n) is 13.0.